The predicted octanol–water partition coefficient (Wildman–Crippen LogP) is 3.56. The molecule has 152 valence electrons. The minimum Gasteiger partial charge on any atom is -0.357 e. The number of hydrogen-bond donors (Lipinski definition) is 2. The van der Waals surface area contributed by atoms with Gasteiger partial charge in [0, 0.05) is 39.3 Å². The van der Waals surface area contributed by atoms with Gasteiger partial charge in [-0.2, -0.15) is 0 Å². The highest BCUT2D eigenvalue weighted by Crippen LogP contribution is 2.25. The van der Waals surface area contributed by atoms with Gasteiger partial charge in [0.2, 0.25) is 0 Å². The Hall–Kier alpha value is -2.04. The average molecular weight is 375 g/mol. The third-order valence-electron chi connectivity index (χ3n) is 4.26. The third-order valence-corrected chi connectivity index (χ3v) is 4.26. The van der Waals surface area contributed by atoms with Crippen LogP contribution in [0.3, 0.4) is 0 Å². The van der Waals surface area contributed by atoms with E-state index in [-0.39, 0.29) is 11.3 Å². The summed E-state index contributed by atoms with van der Waals surface area (Å²) < 4.78 is 0. The smallest absolute Gasteiger partial charge is 0.253 e. The second-order valence-electron chi connectivity index (χ2n) is 8.53. The first-order valence-corrected chi connectivity index (χ1v) is 9.97. The number of rotatable bonds is 9. The van der Waals surface area contributed by atoms with E-state index in [1.807, 2.05) is 18.2 Å². The summed E-state index contributed by atoms with van der Waals surface area (Å²) in [6, 6.07) is 7.84. The molecule has 0 spiro atoms. The van der Waals surface area contributed by atoms with Gasteiger partial charge in [-0.15, -0.1) is 0 Å². The van der Waals surface area contributed by atoms with E-state index >= 15 is 0 Å². The fraction of sp³-hybridized carbons (Fsp3) is 0.636. The lowest BCUT2D eigenvalue weighted by Crippen LogP contribution is -2.39. The van der Waals surface area contributed by atoms with Crippen LogP contribution in [0.4, 0.5) is 0 Å². The molecule has 0 aliphatic heterocycles. The Morgan fingerprint density at radius 2 is 1.93 bits per heavy atom. The minimum atomic E-state index is 0.0343. The minimum absolute atomic E-state index is 0.0343. The summed E-state index contributed by atoms with van der Waals surface area (Å²) in [5.74, 6) is 1.56. The molecule has 0 radical (unpaired) electrons. The lowest BCUT2D eigenvalue weighted by atomic mass is 9.84. The Balaban J connectivity index is 2.64. The van der Waals surface area contributed by atoms with Gasteiger partial charge in [-0.1, -0.05) is 39.8 Å². The molecule has 0 saturated carbocycles. The average Bonchev–Trinajstić information content (AvgIpc) is 2.58. The number of amides is 1. The fourth-order valence-corrected chi connectivity index (χ4v) is 3.25. The molecule has 0 unspecified atom stereocenters. The van der Waals surface area contributed by atoms with Crippen molar-refractivity contribution in [3.8, 4) is 0 Å². The molecule has 1 aromatic rings. The molecule has 0 bridgehead atoms. The summed E-state index contributed by atoms with van der Waals surface area (Å²) in [4.78, 5) is 18.5. The number of nitrogens with one attached hydrogen (secondary N) is 2. The zero-order valence-electron chi connectivity index (χ0n) is 18.2. The Labute approximate surface area is 165 Å². The number of carbonyl (C=O) groups is 1. The van der Waals surface area contributed by atoms with Crippen molar-refractivity contribution in [1.29, 1.82) is 0 Å². The monoisotopic (exact) mass is 374 g/mol. The quantitative estimate of drug-likeness (QED) is 0.513. The van der Waals surface area contributed by atoms with Crippen molar-refractivity contribution in [1.82, 2.24) is 15.5 Å². The topological polar surface area (TPSA) is 56.7 Å². The number of guanidine groups is 1. The summed E-state index contributed by atoms with van der Waals surface area (Å²) in [7, 11) is 3.55. The van der Waals surface area contributed by atoms with Gasteiger partial charge in [-0.05, 0) is 48.8 Å². The predicted molar refractivity (Wildman–Crippen MR) is 115 cm³/mol. The number of carbonyl (C=O) groups excluding carboxylic acids is 1. The molecule has 0 saturated heterocycles. The Morgan fingerprint density at radius 1 is 1.22 bits per heavy atom. The van der Waals surface area contributed by atoms with Crippen LogP contribution < -0.4 is 10.6 Å². The van der Waals surface area contributed by atoms with Crippen LogP contribution in [0.1, 0.15) is 57.0 Å². The standard InChI is InChI=1S/C22H38N4O/c1-8-23-21(25-16-22(4,5)15-17(2)3)24-13-12-18-10-9-11-19(14-18)20(27)26(6)7/h9-11,14,17H,8,12-13,15-16H2,1-7H3,(H2,23,24,25). The second-order valence-corrected chi connectivity index (χ2v) is 8.53. The lowest BCUT2D eigenvalue weighted by Gasteiger charge is -2.25. The SMILES string of the molecule is CCNC(=NCC(C)(C)CC(C)C)NCCc1cccc(C(=O)N(C)C)c1. The van der Waals surface area contributed by atoms with Gasteiger partial charge in [-0.25, -0.2) is 0 Å². The molecule has 27 heavy (non-hydrogen) atoms. The van der Waals surface area contributed by atoms with Gasteiger partial charge in [0.05, 0.1) is 0 Å². The van der Waals surface area contributed by atoms with Crippen molar-refractivity contribution >= 4 is 11.9 Å². The maximum Gasteiger partial charge on any atom is 0.253 e. The van der Waals surface area contributed by atoms with Crippen molar-refractivity contribution in [2.75, 3.05) is 33.7 Å². The summed E-state index contributed by atoms with van der Waals surface area (Å²) >= 11 is 0. The van der Waals surface area contributed by atoms with E-state index in [0.29, 0.717) is 5.92 Å². The maximum absolute atomic E-state index is 12.1. The molecule has 0 aromatic heterocycles. The van der Waals surface area contributed by atoms with Crippen molar-refractivity contribution in [3.63, 3.8) is 0 Å². The van der Waals surface area contributed by atoms with Gasteiger partial charge in [0.1, 0.15) is 0 Å². The molecule has 2 N–H and O–H groups in total. The van der Waals surface area contributed by atoms with Crippen LogP contribution in [0.5, 0.6) is 0 Å². The molecular weight excluding hydrogens is 336 g/mol. The van der Waals surface area contributed by atoms with Gasteiger partial charge in [0.15, 0.2) is 5.96 Å². The van der Waals surface area contributed by atoms with Crippen LogP contribution in [-0.2, 0) is 6.42 Å². The molecule has 0 fully saturated rings. The summed E-state index contributed by atoms with van der Waals surface area (Å²) in [5.41, 5.74) is 2.07. The van der Waals surface area contributed by atoms with Crippen LogP contribution in [0.15, 0.2) is 29.3 Å². The Morgan fingerprint density at radius 3 is 2.52 bits per heavy atom. The maximum atomic E-state index is 12.1. The fourth-order valence-electron chi connectivity index (χ4n) is 3.25. The zero-order valence-corrected chi connectivity index (χ0v) is 18.2. The highest BCUT2D eigenvalue weighted by molar-refractivity contribution is 5.94. The second kappa shape index (κ2) is 11.0. The van der Waals surface area contributed by atoms with Crippen LogP contribution in [0.25, 0.3) is 0 Å². The van der Waals surface area contributed by atoms with E-state index in [0.717, 1.165) is 49.6 Å². The first-order chi connectivity index (χ1) is 12.6. The van der Waals surface area contributed by atoms with Gasteiger partial charge in [0.25, 0.3) is 5.91 Å². The number of nitrogens with zero attached hydrogens (tertiary/aromatic N) is 2. The van der Waals surface area contributed by atoms with E-state index < -0.39 is 0 Å². The van der Waals surface area contributed by atoms with Crippen molar-refractivity contribution in [2.24, 2.45) is 16.3 Å². The highest BCUT2D eigenvalue weighted by atomic mass is 16.2. The molecule has 1 aromatic carbocycles. The van der Waals surface area contributed by atoms with Crippen molar-refractivity contribution < 1.29 is 4.79 Å². The first-order valence-electron chi connectivity index (χ1n) is 9.97. The van der Waals surface area contributed by atoms with Crippen LogP contribution in [0, 0.1) is 11.3 Å². The molecule has 0 aliphatic rings. The molecule has 0 heterocycles. The van der Waals surface area contributed by atoms with E-state index in [9.17, 15) is 4.79 Å². The third kappa shape index (κ3) is 8.94. The molecule has 0 aliphatic carbocycles. The molecule has 5 nitrogen and oxygen atoms in total. The van der Waals surface area contributed by atoms with Crippen LogP contribution in [0.2, 0.25) is 0 Å². The highest BCUT2D eigenvalue weighted by Gasteiger charge is 2.19. The largest absolute Gasteiger partial charge is 0.357 e. The van der Waals surface area contributed by atoms with Crippen molar-refractivity contribution in [2.45, 2.75) is 47.5 Å². The van der Waals surface area contributed by atoms with E-state index in [2.05, 4.69) is 51.3 Å². The summed E-state index contributed by atoms with van der Waals surface area (Å²) in [6.07, 6.45) is 2.00. The number of hydrogen-bond acceptors (Lipinski definition) is 2. The van der Waals surface area contributed by atoms with Crippen molar-refractivity contribution in [3.05, 3.63) is 35.4 Å². The number of benzene rings is 1. The van der Waals surface area contributed by atoms with Gasteiger partial charge >= 0.3 is 0 Å². The molecule has 0 atom stereocenters. The molecule has 5 heteroatoms. The Kier molecular flexibility index (Phi) is 9.33. The molecule has 1 amide bonds. The first kappa shape index (κ1) is 23.0. The number of aliphatic imine (C=N–C) groups is 1. The van der Waals surface area contributed by atoms with Crippen LogP contribution in [-0.4, -0.2) is 50.5 Å². The summed E-state index contributed by atoms with van der Waals surface area (Å²) in [5, 5.41) is 6.73. The zero-order chi connectivity index (χ0) is 20.4. The van der Waals surface area contributed by atoms with E-state index in [4.69, 9.17) is 4.99 Å². The van der Waals surface area contributed by atoms with Gasteiger partial charge in [-0.3, -0.25) is 9.79 Å². The van der Waals surface area contributed by atoms with E-state index in [1.165, 1.54) is 0 Å². The molecular formula is C22H38N4O. The Bertz CT molecular complexity index is 620. The lowest BCUT2D eigenvalue weighted by molar-refractivity contribution is 0.0827. The van der Waals surface area contributed by atoms with E-state index in [1.54, 1.807) is 19.0 Å². The van der Waals surface area contributed by atoms with Crippen LogP contribution >= 0.6 is 0 Å². The van der Waals surface area contributed by atoms with Gasteiger partial charge < -0.3 is 15.5 Å². The molecule has 1 rings (SSSR count). The summed E-state index contributed by atoms with van der Waals surface area (Å²) in [6.45, 7) is 13.5. The normalized spacial score (nSPS) is 12.2.